The topological polar surface area (TPSA) is 73.9 Å². The van der Waals surface area contributed by atoms with Gasteiger partial charge in [0.25, 0.3) is 6.26 Å². The lowest BCUT2D eigenvalue weighted by Crippen LogP contribution is -2.25. The summed E-state index contributed by atoms with van der Waals surface area (Å²) >= 11 is 6.99. The Hall–Kier alpha value is -0.850. The summed E-state index contributed by atoms with van der Waals surface area (Å²) in [5.74, 6) is -1.09. The molecule has 10 heavy (non-hydrogen) atoms. The van der Waals surface area contributed by atoms with Crippen molar-refractivity contribution in [3.05, 3.63) is 0 Å². The standard InChI is InChI=1S/C4H2N2O2S2/c5-1-4(9,10)3(7)8-2-6/h9-10H. The summed E-state index contributed by atoms with van der Waals surface area (Å²) in [5, 5.41) is 16.0. The fourth-order valence-electron chi connectivity index (χ4n) is 0.158. The van der Waals surface area contributed by atoms with E-state index in [1.165, 1.54) is 6.07 Å². The molecule has 4 nitrogen and oxygen atoms in total. The molecule has 0 N–H and O–H groups in total. The highest BCUT2D eigenvalue weighted by Crippen LogP contribution is 2.19. The normalized spacial score (nSPS) is 9.20. The van der Waals surface area contributed by atoms with E-state index < -0.39 is 10.0 Å². The van der Waals surface area contributed by atoms with Crippen LogP contribution in [0.25, 0.3) is 0 Å². The molecule has 0 bridgehead atoms. The number of hydrogen-bond acceptors (Lipinski definition) is 6. The Labute approximate surface area is 68.2 Å². The van der Waals surface area contributed by atoms with Crippen molar-refractivity contribution in [3.8, 4) is 12.3 Å². The van der Waals surface area contributed by atoms with Gasteiger partial charge in [-0.05, 0) is 0 Å². The average Bonchev–Trinajstić information content (AvgIpc) is 1.89. The summed E-state index contributed by atoms with van der Waals surface area (Å²) in [5.41, 5.74) is 0. The predicted molar refractivity (Wildman–Crippen MR) is 38.0 cm³/mol. The molecule has 0 aliphatic carbocycles. The van der Waals surface area contributed by atoms with Crippen molar-refractivity contribution in [2.75, 3.05) is 0 Å². The fraction of sp³-hybridized carbons (Fsp3) is 0.250. The summed E-state index contributed by atoms with van der Waals surface area (Å²) in [6.45, 7) is 0. The Morgan fingerprint density at radius 3 is 2.30 bits per heavy atom. The van der Waals surface area contributed by atoms with E-state index in [0.29, 0.717) is 0 Å². The van der Waals surface area contributed by atoms with E-state index in [2.05, 4.69) is 30.0 Å². The maximum atomic E-state index is 10.5. The van der Waals surface area contributed by atoms with Gasteiger partial charge in [0.05, 0.1) is 0 Å². The molecule has 0 aromatic heterocycles. The number of ether oxygens (including phenoxy) is 1. The number of carbonyl (C=O) groups excluding carboxylic acids is 1. The lowest BCUT2D eigenvalue weighted by Gasteiger charge is -2.05. The van der Waals surface area contributed by atoms with Gasteiger partial charge in [-0.3, -0.25) is 0 Å². The average molecular weight is 174 g/mol. The maximum Gasteiger partial charge on any atom is 0.362 e. The second kappa shape index (κ2) is 3.35. The summed E-state index contributed by atoms with van der Waals surface area (Å²) in [6, 6.07) is 1.43. The van der Waals surface area contributed by atoms with Crippen molar-refractivity contribution in [1.29, 1.82) is 10.5 Å². The smallest absolute Gasteiger partial charge is 0.348 e. The number of carbonyl (C=O) groups is 1. The van der Waals surface area contributed by atoms with E-state index in [1.54, 1.807) is 0 Å². The van der Waals surface area contributed by atoms with Crippen LogP contribution in [0, 0.1) is 22.8 Å². The summed E-state index contributed by atoms with van der Waals surface area (Å²) in [4.78, 5) is 10.5. The van der Waals surface area contributed by atoms with E-state index in [-0.39, 0.29) is 0 Å². The van der Waals surface area contributed by atoms with Gasteiger partial charge in [0.2, 0.25) is 4.08 Å². The Morgan fingerprint density at radius 2 is 2.00 bits per heavy atom. The Balaban J connectivity index is 4.26. The minimum absolute atomic E-state index is 1.09. The molecule has 52 valence electrons. The van der Waals surface area contributed by atoms with Gasteiger partial charge in [0, 0.05) is 0 Å². The van der Waals surface area contributed by atoms with Crippen LogP contribution in [0.1, 0.15) is 0 Å². The number of rotatable bonds is 1. The second-order valence-corrected chi connectivity index (χ2v) is 2.96. The van der Waals surface area contributed by atoms with Crippen LogP contribution >= 0.6 is 25.3 Å². The van der Waals surface area contributed by atoms with E-state index in [1.807, 2.05) is 0 Å². The molecule has 6 heteroatoms. The molecule has 0 rings (SSSR count). The van der Waals surface area contributed by atoms with Crippen LogP contribution in [0.4, 0.5) is 0 Å². The second-order valence-electron chi connectivity index (χ2n) is 1.26. The van der Waals surface area contributed by atoms with Crippen LogP contribution in [0.2, 0.25) is 0 Å². The lowest BCUT2D eigenvalue weighted by atomic mass is 10.4. The Bertz CT molecular complexity index is 224. The van der Waals surface area contributed by atoms with Crippen LogP contribution in [0.5, 0.6) is 0 Å². The number of thiol groups is 2. The highest BCUT2D eigenvalue weighted by molar-refractivity contribution is 8.02. The molecule has 0 radical (unpaired) electrons. The maximum absolute atomic E-state index is 10.5. The first-order valence-electron chi connectivity index (χ1n) is 2.01. The van der Waals surface area contributed by atoms with Crippen LogP contribution in [-0.4, -0.2) is 10.0 Å². The molecule has 0 aromatic carbocycles. The van der Waals surface area contributed by atoms with Crippen LogP contribution < -0.4 is 0 Å². The molecule has 0 aromatic rings. The highest BCUT2D eigenvalue weighted by atomic mass is 32.2. The van der Waals surface area contributed by atoms with Crippen molar-refractivity contribution in [2.45, 2.75) is 4.08 Å². The summed E-state index contributed by atoms with van der Waals surface area (Å²) in [6.07, 6.45) is 1.11. The first kappa shape index (κ1) is 9.15. The van der Waals surface area contributed by atoms with Crippen LogP contribution in [0.3, 0.4) is 0 Å². The van der Waals surface area contributed by atoms with Gasteiger partial charge in [-0.25, -0.2) is 4.79 Å². The molecule has 0 saturated carbocycles. The largest absolute Gasteiger partial charge is 0.362 e. The van der Waals surface area contributed by atoms with Gasteiger partial charge < -0.3 is 4.74 Å². The Morgan fingerprint density at radius 1 is 1.50 bits per heavy atom. The van der Waals surface area contributed by atoms with Crippen LogP contribution in [-0.2, 0) is 9.53 Å². The molecule has 0 unspecified atom stereocenters. The first-order chi connectivity index (χ1) is 4.54. The van der Waals surface area contributed by atoms with E-state index >= 15 is 0 Å². The zero-order chi connectivity index (χ0) is 8.20. The van der Waals surface area contributed by atoms with E-state index in [0.717, 1.165) is 6.26 Å². The van der Waals surface area contributed by atoms with Crippen molar-refractivity contribution in [2.24, 2.45) is 0 Å². The Kier molecular flexibility index (Phi) is 3.07. The minimum atomic E-state index is -1.84. The molecule has 0 amide bonds. The molecule has 0 saturated heterocycles. The van der Waals surface area contributed by atoms with Gasteiger partial charge in [0.15, 0.2) is 0 Å². The van der Waals surface area contributed by atoms with E-state index in [9.17, 15) is 4.79 Å². The molecule has 0 aliphatic heterocycles. The zero-order valence-electron chi connectivity index (χ0n) is 4.61. The molecular weight excluding hydrogens is 172 g/mol. The van der Waals surface area contributed by atoms with Gasteiger partial charge in [-0.1, -0.05) is 0 Å². The zero-order valence-corrected chi connectivity index (χ0v) is 6.39. The third-order valence-electron chi connectivity index (χ3n) is 0.579. The third-order valence-corrected chi connectivity index (χ3v) is 1.14. The van der Waals surface area contributed by atoms with Crippen molar-refractivity contribution >= 4 is 31.2 Å². The highest BCUT2D eigenvalue weighted by Gasteiger charge is 2.32. The van der Waals surface area contributed by atoms with E-state index in [4.69, 9.17) is 10.5 Å². The van der Waals surface area contributed by atoms with Crippen molar-refractivity contribution < 1.29 is 9.53 Å². The van der Waals surface area contributed by atoms with Gasteiger partial charge in [-0.15, -0.1) is 30.5 Å². The molecule has 0 heterocycles. The molecule has 0 fully saturated rings. The predicted octanol–water partition coefficient (Wildman–Crippen LogP) is 0.0902. The monoisotopic (exact) mass is 174 g/mol. The SMILES string of the molecule is N#COC(=O)C(S)(S)C#N. The first-order valence-corrected chi connectivity index (χ1v) is 2.90. The fourth-order valence-corrected chi connectivity index (χ4v) is 0.250. The summed E-state index contributed by atoms with van der Waals surface area (Å²) in [7, 11) is 0. The number of nitrogens with zero attached hydrogens (tertiary/aromatic N) is 2. The van der Waals surface area contributed by atoms with Crippen molar-refractivity contribution in [1.82, 2.24) is 0 Å². The van der Waals surface area contributed by atoms with Crippen molar-refractivity contribution in [3.63, 3.8) is 0 Å². The van der Waals surface area contributed by atoms with Crippen LogP contribution in [0.15, 0.2) is 0 Å². The molecule has 0 spiro atoms. The quantitative estimate of drug-likeness (QED) is 0.256. The molecule has 0 aliphatic rings. The molecule has 0 atom stereocenters. The number of hydrogen-bond donors (Lipinski definition) is 2. The number of esters is 1. The molecular formula is C4H2N2O2S2. The van der Waals surface area contributed by atoms with Gasteiger partial charge in [-0.2, -0.15) is 5.26 Å². The van der Waals surface area contributed by atoms with Gasteiger partial charge >= 0.3 is 5.97 Å². The summed E-state index contributed by atoms with van der Waals surface area (Å²) < 4.78 is 1.95. The number of nitriles is 2. The van der Waals surface area contributed by atoms with Gasteiger partial charge in [0.1, 0.15) is 6.07 Å². The minimum Gasteiger partial charge on any atom is -0.348 e. The third kappa shape index (κ3) is 2.18. The lowest BCUT2D eigenvalue weighted by molar-refractivity contribution is -0.136.